The number of hydrogen-bond donors (Lipinski definition) is 3. The molecule has 1 fully saturated rings. The second kappa shape index (κ2) is 7.56. The van der Waals surface area contributed by atoms with E-state index in [0.29, 0.717) is 27.6 Å². The van der Waals surface area contributed by atoms with E-state index in [2.05, 4.69) is 26.0 Å². The van der Waals surface area contributed by atoms with Crippen LogP contribution in [-0.4, -0.2) is 32.5 Å². The third-order valence-corrected chi connectivity index (χ3v) is 4.49. The van der Waals surface area contributed by atoms with Crippen molar-refractivity contribution in [2.24, 2.45) is 0 Å². The number of imide groups is 1. The molecule has 29 heavy (non-hydrogen) atoms. The molecule has 0 spiro atoms. The van der Waals surface area contributed by atoms with Crippen molar-refractivity contribution in [1.29, 1.82) is 0 Å². The molecule has 0 unspecified atom stereocenters. The molecule has 8 nitrogen and oxygen atoms in total. The number of carbonyl (C=O) groups is 2. The molecule has 148 valence electrons. The van der Waals surface area contributed by atoms with Gasteiger partial charge in [0.2, 0.25) is 5.91 Å². The highest BCUT2D eigenvalue weighted by Gasteiger charge is 2.24. The molecule has 0 radical (unpaired) electrons. The van der Waals surface area contributed by atoms with Crippen LogP contribution in [0.2, 0.25) is 5.02 Å². The topological polar surface area (TPSA) is 100 Å². The molecule has 3 N–H and O–H groups in total. The zero-order valence-electron chi connectivity index (χ0n) is 15.9. The Morgan fingerprint density at radius 3 is 2.79 bits per heavy atom. The highest BCUT2D eigenvalue weighted by Crippen LogP contribution is 2.25. The second-order valence-corrected chi connectivity index (χ2v) is 7.46. The van der Waals surface area contributed by atoms with Gasteiger partial charge in [-0.05, 0) is 38.1 Å². The van der Waals surface area contributed by atoms with Gasteiger partial charge in [0.05, 0.1) is 12.6 Å². The molecule has 2 amide bonds. The standard InChI is InChI=1S/C20H19ClN6O2/c1-11(2)23-17-9-16(24-15-5-3-4-14(21)8-15)25-19-13(10-22-27(17)19)6-12-7-18(28)26-20(12)29/h3-6,8-11,23H,7H2,1-2H3,(H,24,25)(H,26,28,29)/b12-6+. The summed E-state index contributed by atoms with van der Waals surface area (Å²) in [6.07, 6.45) is 3.33. The molecule has 9 heteroatoms. The lowest BCUT2D eigenvalue weighted by Gasteiger charge is -2.14. The minimum absolute atomic E-state index is 0.0493. The van der Waals surface area contributed by atoms with E-state index in [1.807, 2.05) is 32.0 Å². The highest BCUT2D eigenvalue weighted by atomic mass is 35.5. The summed E-state index contributed by atoms with van der Waals surface area (Å²) in [6, 6.07) is 9.36. The number of fused-ring (bicyclic) bond motifs is 1. The Bertz CT molecular complexity index is 1150. The number of benzene rings is 1. The van der Waals surface area contributed by atoms with Crippen LogP contribution in [0, 0.1) is 0 Å². The summed E-state index contributed by atoms with van der Waals surface area (Å²) in [6.45, 7) is 4.05. The second-order valence-electron chi connectivity index (χ2n) is 7.02. The van der Waals surface area contributed by atoms with E-state index in [9.17, 15) is 9.59 Å². The maximum Gasteiger partial charge on any atom is 0.254 e. The van der Waals surface area contributed by atoms with E-state index >= 15 is 0 Å². The first-order valence-electron chi connectivity index (χ1n) is 9.12. The Labute approximate surface area is 172 Å². The summed E-state index contributed by atoms with van der Waals surface area (Å²) in [4.78, 5) is 28.0. The van der Waals surface area contributed by atoms with E-state index in [-0.39, 0.29) is 24.3 Å². The number of amides is 2. The molecule has 1 aromatic carbocycles. The third-order valence-electron chi connectivity index (χ3n) is 4.26. The predicted molar refractivity (Wildman–Crippen MR) is 112 cm³/mol. The fourth-order valence-corrected chi connectivity index (χ4v) is 3.26. The van der Waals surface area contributed by atoms with Gasteiger partial charge in [-0.2, -0.15) is 9.61 Å². The maximum absolute atomic E-state index is 11.9. The van der Waals surface area contributed by atoms with Crippen LogP contribution in [0.3, 0.4) is 0 Å². The maximum atomic E-state index is 11.9. The largest absolute Gasteiger partial charge is 0.368 e. The van der Waals surface area contributed by atoms with E-state index in [1.165, 1.54) is 0 Å². The lowest BCUT2D eigenvalue weighted by atomic mass is 10.1. The number of aromatic nitrogens is 3. The van der Waals surface area contributed by atoms with Crippen LogP contribution >= 0.6 is 11.6 Å². The summed E-state index contributed by atoms with van der Waals surface area (Å²) in [5, 5.41) is 13.9. The minimum Gasteiger partial charge on any atom is -0.368 e. The molecular weight excluding hydrogens is 392 g/mol. The van der Waals surface area contributed by atoms with Crippen molar-refractivity contribution in [1.82, 2.24) is 19.9 Å². The average Bonchev–Trinajstić information content (AvgIpc) is 3.18. The zero-order chi connectivity index (χ0) is 20.5. The summed E-state index contributed by atoms with van der Waals surface area (Å²) < 4.78 is 1.67. The quantitative estimate of drug-likeness (QED) is 0.440. The molecular formula is C20H19ClN6O2. The smallest absolute Gasteiger partial charge is 0.254 e. The third kappa shape index (κ3) is 4.07. The van der Waals surface area contributed by atoms with E-state index in [0.717, 1.165) is 11.5 Å². The van der Waals surface area contributed by atoms with Crippen molar-refractivity contribution in [3.8, 4) is 0 Å². The van der Waals surface area contributed by atoms with Crippen LogP contribution in [-0.2, 0) is 9.59 Å². The van der Waals surface area contributed by atoms with Crippen molar-refractivity contribution in [3.63, 3.8) is 0 Å². The summed E-state index contributed by atoms with van der Waals surface area (Å²) >= 11 is 6.07. The molecule has 1 aliphatic rings. The van der Waals surface area contributed by atoms with E-state index in [4.69, 9.17) is 11.6 Å². The number of carbonyl (C=O) groups excluding carboxylic acids is 2. The van der Waals surface area contributed by atoms with Gasteiger partial charge >= 0.3 is 0 Å². The van der Waals surface area contributed by atoms with Crippen LogP contribution < -0.4 is 16.0 Å². The summed E-state index contributed by atoms with van der Waals surface area (Å²) in [5.74, 6) is 0.639. The van der Waals surface area contributed by atoms with Crippen molar-refractivity contribution < 1.29 is 9.59 Å². The molecule has 3 aromatic rings. The number of nitrogens with one attached hydrogen (secondary N) is 3. The Kier molecular flexibility index (Phi) is 4.94. The van der Waals surface area contributed by atoms with Crippen LogP contribution in [0.25, 0.3) is 11.7 Å². The Balaban J connectivity index is 1.79. The van der Waals surface area contributed by atoms with Gasteiger partial charge in [0.1, 0.15) is 11.6 Å². The van der Waals surface area contributed by atoms with Crippen LogP contribution in [0.1, 0.15) is 25.8 Å². The number of halogens is 1. The van der Waals surface area contributed by atoms with Crippen molar-refractivity contribution in [3.05, 3.63) is 52.7 Å². The minimum atomic E-state index is -0.386. The van der Waals surface area contributed by atoms with Crippen LogP contribution in [0.15, 0.2) is 42.1 Å². The average molecular weight is 411 g/mol. The molecule has 0 bridgehead atoms. The highest BCUT2D eigenvalue weighted by molar-refractivity contribution is 6.30. The molecule has 0 aliphatic carbocycles. The molecule has 0 saturated carbocycles. The van der Waals surface area contributed by atoms with Crippen molar-refractivity contribution >= 4 is 52.5 Å². The number of anilines is 3. The lowest BCUT2D eigenvalue weighted by Crippen LogP contribution is -2.19. The Hall–Kier alpha value is -3.39. The molecule has 1 saturated heterocycles. The molecule has 2 aromatic heterocycles. The van der Waals surface area contributed by atoms with Crippen LogP contribution in [0.5, 0.6) is 0 Å². The zero-order valence-corrected chi connectivity index (χ0v) is 16.6. The Morgan fingerprint density at radius 2 is 2.10 bits per heavy atom. The van der Waals surface area contributed by atoms with E-state index in [1.54, 1.807) is 28.9 Å². The summed E-state index contributed by atoms with van der Waals surface area (Å²) in [5.41, 5.74) is 2.38. The lowest BCUT2D eigenvalue weighted by molar-refractivity contribution is -0.124. The van der Waals surface area contributed by atoms with Gasteiger partial charge in [0.25, 0.3) is 5.91 Å². The summed E-state index contributed by atoms with van der Waals surface area (Å²) in [7, 11) is 0. The molecule has 4 rings (SSSR count). The van der Waals surface area contributed by atoms with E-state index < -0.39 is 0 Å². The van der Waals surface area contributed by atoms with Gasteiger partial charge in [-0.3, -0.25) is 14.9 Å². The fourth-order valence-electron chi connectivity index (χ4n) is 3.07. The van der Waals surface area contributed by atoms with Gasteiger partial charge in [0, 0.05) is 34.0 Å². The molecule has 1 aliphatic heterocycles. The number of nitrogens with zero attached hydrogens (tertiary/aromatic N) is 3. The number of rotatable bonds is 5. The van der Waals surface area contributed by atoms with Crippen molar-refractivity contribution in [2.45, 2.75) is 26.3 Å². The normalized spacial score (nSPS) is 15.4. The van der Waals surface area contributed by atoms with Gasteiger partial charge in [-0.25, -0.2) is 4.98 Å². The first-order chi connectivity index (χ1) is 13.9. The number of hydrogen-bond acceptors (Lipinski definition) is 6. The van der Waals surface area contributed by atoms with Crippen LogP contribution in [0.4, 0.5) is 17.3 Å². The van der Waals surface area contributed by atoms with Gasteiger partial charge in [0.15, 0.2) is 5.65 Å². The predicted octanol–water partition coefficient (Wildman–Crippen LogP) is 3.38. The first kappa shape index (κ1) is 18.9. The Morgan fingerprint density at radius 1 is 1.28 bits per heavy atom. The first-order valence-corrected chi connectivity index (χ1v) is 9.49. The van der Waals surface area contributed by atoms with Gasteiger partial charge < -0.3 is 10.6 Å². The fraction of sp³-hybridized carbons (Fsp3) is 0.200. The van der Waals surface area contributed by atoms with Gasteiger partial charge in [-0.15, -0.1) is 0 Å². The monoisotopic (exact) mass is 410 g/mol. The van der Waals surface area contributed by atoms with Crippen molar-refractivity contribution in [2.75, 3.05) is 10.6 Å². The molecule has 3 heterocycles. The van der Waals surface area contributed by atoms with Gasteiger partial charge in [-0.1, -0.05) is 17.7 Å². The molecule has 0 atom stereocenters. The SMILES string of the molecule is CC(C)Nc1cc(Nc2cccc(Cl)c2)nc2c(/C=C3\CC(=O)NC3=O)cnn12.